The van der Waals surface area contributed by atoms with Crippen molar-refractivity contribution in [3.05, 3.63) is 48.0 Å². The molecule has 6 heteroatoms. The second-order valence-corrected chi connectivity index (χ2v) is 5.17. The van der Waals surface area contributed by atoms with Gasteiger partial charge in [-0.2, -0.15) is 0 Å². The number of carbonyl (C=O) groups excluding carboxylic acids is 2. The van der Waals surface area contributed by atoms with E-state index >= 15 is 0 Å². The van der Waals surface area contributed by atoms with Gasteiger partial charge in [0.15, 0.2) is 0 Å². The average Bonchev–Trinajstić information content (AvgIpc) is 2.97. The van der Waals surface area contributed by atoms with Gasteiger partial charge in [0, 0.05) is 5.88 Å². The number of ether oxygens (including phenoxy) is 2. The molecule has 0 aromatic heterocycles. The van der Waals surface area contributed by atoms with E-state index in [0.29, 0.717) is 24.3 Å². The minimum absolute atomic E-state index is 0.199. The molecular weight excluding hydrogens is 306 g/mol. The van der Waals surface area contributed by atoms with Gasteiger partial charge in [0.05, 0.1) is 5.56 Å². The number of halogens is 1. The van der Waals surface area contributed by atoms with Crippen LogP contribution in [0.2, 0.25) is 0 Å². The topological polar surface area (TPSA) is 64.6 Å². The van der Waals surface area contributed by atoms with E-state index in [2.05, 4.69) is 5.32 Å². The maximum Gasteiger partial charge on any atom is 0.407 e. The summed E-state index contributed by atoms with van der Waals surface area (Å²) in [5.74, 6) is 0.0330. The van der Waals surface area contributed by atoms with E-state index < -0.39 is 18.2 Å². The van der Waals surface area contributed by atoms with Gasteiger partial charge in [-0.15, -0.1) is 11.6 Å². The fourth-order valence-corrected chi connectivity index (χ4v) is 2.29. The first-order valence-electron chi connectivity index (χ1n) is 7.11. The lowest BCUT2D eigenvalue weighted by Crippen LogP contribution is -2.41. The summed E-state index contributed by atoms with van der Waals surface area (Å²) in [7, 11) is 0. The third-order valence-electron chi connectivity index (χ3n) is 3.29. The Morgan fingerprint density at radius 2 is 2.18 bits per heavy atom. The summed E-state index contributed by atoms with van der Waals surface area (Å²) in [5.41, 5.74) is 0.481. The molecule has 1 fully saturated rings. The number of alkyl carbamates (subject to hydrolysis) is 1. The van der Waals surface area contributed by atoms with Crippen LogP contribution in [0.4, 0.5) is 4.79 Å². The summed E-state index contributed by atoms with van der Waals surface area (Å²) >= 11 is 5.58. The van der Waals surface area contributed by atoms with Crippen molar-refractivity contribution >= 4 is 23.7 Å². The number of esters is 1. The summed E-state index contributed by atoms with van der Waals surface area (Å²) < 4.78 is 10.4. The molecule has 0 spiro atoms. The third kappa shape index (κ3) is 4.77. The van der Waals surface area contributed by atoms with Gasteiger partial charge in [0.1, 0.15) is 18.8 Å². The molecule has 1 heterocycles. The molecule has 1 aromatic carbocycles. The highest BCUT2D eigenvalue weighted by atomic mass is 35.5. The first-order chi connectivity index (χ1) is 10.7. The Bertz CT molecular complexity index is 532. The Kier molecular flexibility index (Phi) is 6.27. The van der Waals surface area contributed by atoms with Crippen molar-refractivity contribution in [2.75, 3.05) is 12.5 Å². The molecule has 5 nitrogen and oxygen atoms in total. The second kappa shape index (κ2) is 8.44. The lowest BCUT2D eigenvalue weighted by atomic mass is 10.1. The lowest BCUT2D eigenvalue weighted by molar-refractivity contribution is 0.0189. The Morgan fingerprint density at radius 3 is 2.82 bits per heavy atom. The van der Waals surface area contributed by atoms with Crippen molar-refractivity contribution in [1.29, 1.82) is 0 Å². The standard InChI is InChI=1S/C16H18ClNO4/c17-10-6-2-5-9-14(13-11-21-16(20)18-13)22-15(19)12-7-3-1-4-8-12/h1-4,6-8,13-14H,5,9-11H2,(H,18,20)/b6-2-/t13-,14+/m1/s1. The number of nitrogens with one attached hydrogen (secondary N) is 1. The molecule has 1 aliphatic heterocycles. The normalized spacial score (nSPS) is 18.8. The van der Waals surface area contributed by atoms with E-state index in [9.17, 15) is 9.59 Å². The van der Waals surface area contributed by atoms with Crippen molar-refractivity contribution < 1.29 is 19.1 Å². The van der Waals surface area contributed by atoms with Gasteiger partial charge in [-0.1, -0.05) is 30.4 Å². The van der Waals surface area contributed by atoms with Gasteiger partial charge in [0.25, 0.3) is 0 Å². The van der Waals surface area contributed by atoms with Crippen LogP contribution in [0.25, 0.3) is 0 Å². The monoisotopic (exact) mass is 323 g/mol. The van der Waals surface area contributed by atoms with Crippen LogP contribution in [0, 0.1) is 0 Å². The highest BCUT2D eigenvalue weighted by molar-refractivity contribution is 6.18. The molecule has 1 saturated heterocycles. The number of allylic oxidation sites excluding steroid dienone is 2. The van der Waals surface area contributed by atoms with E-state index in [0.717, 1.165) is 0 Å². The molecule has 118 valence electrons. The summed E-state index contributed by atoms with van der Waals surface area (Å²) in [4.78, 5) is 23.4. The SMILES string of the molecule is O=C1N[C@@H]([C@H](CC/C=C\CCl)OC(=O)c2ccccc2)CO1. The molecule has 0 aliphatic carbocycles. The molecule has 0 unspecified atom stereocenters. The summed E-state index contributed by atoms with van der Waals surface area (Å²) in [5, 5.41) is 2.66. The van der Waals surface area contributed by atoms with Crippen LogP contribution in [0.15, 0.2) is 42.5 Å². The molecule has 1 aromatic rings. The Labute approximate surface area is 134 Å². The Hall–Kier alpha value is -2.01. The maximum absolute atomic E-state index is 12.2. The zero-order valence-electron chi connectivity index (χ0n) is 12.0. The maximum atomic E-state index is 12.2. The minimum Gasteiger partial charge on any atom is -0.456 e. The first-order valence-corrected chi connectivity index (χ1v) is 7.64. The van der Waals surface area contributed by atoms with Crippen LogP contribution in [-0.2, 0) is 9.47 Å². The average molecular weight is 324 g/mol. The first kappa shape index (κ1) is 16.4. The predicted octanol–water partition coefficient (Wildman–Crippen LogP) is 2.90. The highest BCUT2D eigenvalue weighted by Crippen LogP contribution is 2.15. The van der Waals surface area contributed by atoms with E-state index in [-0.39, 0.29) is 12.6 Å². The molecule has 2 atom stereocenters. The summed E-state index contributed by atoms with van der Waals surface area (Å²) in [6, 6.07) is 8.43. The zero-order valence-corrected chi connectivity index (χ0v) is 12.8. The molecule has 22 heavy (non-hydrogen) atoms. The van der Waals surface area contributed by atoms with Crippen LogP contribution >= 0.6 is 11.6 Å². The van der Waals surface area contributed by atoms with Gasteiger partial charge in [0.2, 0.25) is 0 Å². The molecule has 0 bridgehead atoms. The lowest BCUT2D eigenvalue weighted by Gasteiger charge is -2.21. The Balaban J connectivity index is 1.98. The van der Waals surface area contributed by atoms with E-state index in [1.165, 1.54) is 0 Å². The van der Waals surface area contributed by atoms with Crippen LogP contribution in [-0.4, -0.2) is 36.7 Å². The molecule has 1 aliphatic rings. The van der Waals surface area contributed by atoms with Crippen LogP contribution in [0.5, 0.6) is 0 Å². The van der Waals surface area contributed by atoms with Crippen molar-refractivity contribution in [1.82, 2.24) is 5.32 Å². The van der Waals surface area contributed by atoms with Crippen molar-refractivity contribution in [3.8, 4) is 0 Å². The largest absolute Gasteiger partial charge is 0.456 e. The molecule has 0 saturated carbocycles. The van der Waals surface area contributed by atoms with Crippen molar-refractivity contribution in [2.24, 2.45) is 0 Å². The third-order valence-corrected chi connectivity index (χ3v) is 3.47. The molecule has 0 radical (unpaired) electrons. The predicted molar refractivity (Wildman–Crippen MR) is 83.0 cm³/mol. The molecule has 1 amide bonds. The highest BCUT2D eigenvalue weighted by Gasteiger charge is 2.32. The van der Waals surface area contributed by atoms with Gasteiger partial charge in [-0.05, 0) is 25.0 Å². The van der Waals surface area contributed by atoms with Crippen LogP contribution < -0.4 is 5.32 Å². The number of hydrogen-bond acceptors (Lipinski definition) is 4. The summed E-state index contributed by atoms with van der Waals surface area (Å²) in [6.45, 7) is 0.199. The van der Waals surface area contributed by atoms with Gasteiger partial charge < -0.3 is 14.8 Å². The summed E-state index contributed by atoms with van der Waals surface area (Å²) in [6.07, 6.45) is 4.11. The number of rotatable bonds is 7. The minimum atomic E-state index is -0.484. The number of hydrogen-bond donors (Lipinski definition) is 1. The molecule has 1 N–H and O–H groups in total. The van der Waals surface area contributed by atoms with Crippen LogP contribution in [0.1, 0.15) is 23.2 Å². The van der Waals surface area contributed by atoms with Gasteiger partial charge in [-0.25, -0.2) is 9.59 Å². The molecule has 2 rings (SSSR count). The second-order valence-electron chi connectivity index (χ2n) is 4.86. The smallest absolute Gasteiger partial charge is 0.407 e. The van der Waals surface area contributed by atoms with Crippen LogP contribution in [0.3, 0.4) is 0 Å². The molecular formula is C16H18ClNO4. The van der Waals surface area contributed by atoms with E-state index in [1.807, 2.05) is 18.2 Å². The van der Waals surface area contributed by atoms with Gasteiger partial charge >= 0.3 is 12.1 Å². The van der Waals surface area contributed by atoms with E-state index in [4.69, 9.17) is 21.1 Å². The fourth-order valence-electron chi connectivity index (χ4n) is 2.16. The zero-order chi connectivity index (χ0) is 15.8. The number of alkyl halides is 1. The number of carbonyl (C=O) groups is 2. The van der Waals surface area contributed by atoms with Crippen molar-refractivity contribution in [2.45, 2.75) is 25.0 Å². The number of amides is 1. The van der Waals surface area contributed by atoms with Gasteiger partial charge in [-0.3, -0.25) is 0 Å². The fraction of sp³-hybridized carbons (Fsp3) is 0.375. The van der Waals surface area contributed by atoms with Crippen molar-refractivity contribution in [3.63, 3.8) is 0 Å². The number of cyclic esters (lactones) is 1. The Morgan fingerprint density at radius 1 is 1.41 bits per heavy atom. The quantitative estimate of drug-likeness (QED) is 0.476. The number of benzene rings is 1. The van der Waals surface area contributed by atoms with E-state index in [1.54, 1.807) is 24.3 Å².